The van der Waals surface area contributed by atoms with Crippen LogP contribution in [0.4, 0.5) is 0 Å². The van der Waals surface area contributed by atoms with Crippen molar-refractivity contribution in [2.24, 2.45) is 0 Å². The molecule has 0 aromatic carbocycles. The molecule has 2 aromatic heterocycles. The van der Waals surface area contributed by atoms with E-state index in [-0.39, 0.29) is 5.56 Å². The Morgan fingerprint density at radius 3 is 3.06 bits per heavy atom. The third-order valence-electron chi connectivity index (χ3n) is 2.41. The van der Waals surface area contributed by atoms with E-state index in [0.29, 0.717) is 11.0 Å². The van der Waals surface area contributed by atoms with Gasteiger partial charge in [-0.2, -0.15) is 0 Å². The van der Waals surface area contributed by atoms with Gasteiger partial charge in [-0.3, -0.25) is 4.79 Å². The maximum absolute atomic E-state index is 11.7. The van der Waals surface area contributed by atoms with Crippen molar-refractivity contribution in [3.05, 3.63) is 57.3 Å². The predicted molar refractivity (Wildman–Crippen MR) is 68.8 cm³/mol. The minimum atomic E-state index is -0.00221. The number of rotatable bonds is 5. The highest BCUT2D eigenvalue weighted by Gasteiger charge is 1.99. The van der Waals surface area contributed by atoms with Gasteiger partial charge in [-0.1, -0.05) is 0 Å². The van der Waals surface area contributed by atoms with Gasteiger partial charge < -0.3 is 14.3 Å². The summed E-state index contributed by atoms with van der Waals surface area (Å²) in [5, 5.41) is 3.25. The maximum Gasteiger partial charge on any atom is 0.264 e. The van der Waals surface area contributed by atoms with Crippen molar-refractivity contribution >= 4 is 15.9 Å². The molecule has 0 unspecified atom stereocenters. The summed E-state index contributed by atoms with van der Waals surface area (Å²) < 4.78 is 7.23. The molecular formula is C12H13BrN2O2. The maximum atomic E-state index is 11.7. The van der Waals surface area contributed by atoms with E-state index in [2.05, 4.69) is 21.2 Å². The summed E-state index contributed by atoms with van der Waals surface area (Å²) in [6.07, 6.45) is 5.14. The van der Waals surface area contributed by atoms with Crippen LogP contribution in [0.5, 0.6) is 0 Å². The summed E-state index contributed by atoms with van der Waals surface area (Å²) in [5.74, 6) is 0. The van der Waals surface area contributed by atoms with Crippen LogP contribution in [0.1, 0.15) is 5.56 Å². The number of nitrogens with zero attached hydrogens (tertiary/aromatic N) is 1. The highest BCUT2D eigenvalue weighted by atomic mass is 79.9. The topological polar surface area (TPSA) is 47.2 Å². The monoisotopic (exact) mass is 296 g/mol. The molecule has 0 aliphatic carbocycles. The first kappa shape index (κ1) is 12.1. The normalized spacial score (nSPS) is 10.6. The van der Waals surface area contributed by atoms with Crippen LogP contribution in [-0.4, -0.2) is 11.1 Å². The van der Waals surface area contributed by atoms with E-state index in [0.717, 1.165) is 18.7 Å². The van der Waals surface area contributed by atoms with Crippen LogP contribution in [0.2, 0.25) is 0 Å². The van der Waals surface area contributed by atoms with Gasteiger partial charge in [0.1, 0.15) is 0 Å². The van der Waals surface area contributed by atoms with Crippen molar-refractivity contribution in [2.75, 3.05) is 6.54 Å². The molecule has 2 rings (SSSR count). The molecule has 0 fully saturated rings. The molecule has 2 heterocycles. The second-order valence-electron chi connectivity index (χ2n) is 3.66. The quantitative estimate of drug-likeness (QED) is 0.859. The molecule has 1 N–H and O–H groups in total. The Hall–Kier alpha value is -1.33. The smallest absolute Gasteiger partial charge is 0.264 e. The van der Waals surface area contributed by atoms with Crippen LogP contribution in [0.25, 0.3) is 0 Å². The number of halogens is 1. The number of pyridine rings is 1. The van der Waals surface area contributed by atoms with E-state index in [1.54, 1.807) is 29.4 Å². The van der Waals surface area contributed by atoms with Crippen molar-refractivity contribution in [3.63, 3.8) is 0 Å². The zero-order valence-electron chi connectivity index (χ0n) is 9.23. The van der Waals surface area contributed by atoms with E-state index >= 15 is 0 Å². The second kappa shape index (κ2) is 5.84. The Morgan fingerprint density at radius 2 is 2.29 bits per heavy atom. The third kappa shape index (κ3) is 3.31. The van der Waals surface area contributed by atoms with E-state index in [4.69, 9.17) is 4.42 Å². The van der Waals surface area contributed by atoms with Crippen molar-refractivity contribution in [1.82, 2.24) is 9.88 Å². The number of furan rings is 1. The molecule has 0 aliphatic rings. The fraction of sp³-hybridized carbons (Fsp3) is 0.250. The van der Waals surface area contributed by atoms with Crippen LogP contribution in [0.3, 0.4) is 0 Å². The van der Waals surface area contributed by atoms with Gasteiger partial charge in [0.05, 0.1) is 17.0 Å². The van der Waals surface area contributed by atoms with Crippen molar-refractivity contribution in [3.8, 4) is 0 Å². The summed E-state index contributed by atoms with van der Waals surface area (Å²) in [6.45, 7) is 2.14. The third-order valence-corrected chi connectivity index (χ3v) is 3.02. The van der Waals surface area contributed by atoms with Crippen LogP contribution in [0.15, 0.2) is 50.6 Å². The SMILES string of the molecule is O=c1c(Br)cccn1CCNCc1ccoc1. The van der Waals surface area contributed by atoms with Gasteiger partial charge >= 0.3 is 0 Å². The van der Waals surface area contributed by atoms with E-state index in [1.165, 1.54) is 0 Å². The molecule has 4 nitrogen and oxygen atoms in total. The molecule has 0 radical (unpaired) electrons. The van der Waals surface area contributed by atoms with Crippen molar-refractivity contribution in [2.45, 2.75) is 13.1 Å². The number of aromatic nitrogens is 1. The Kier molecular flexibility index (Phi) is 4.17. The Morgan fingerprint density at radius 1 is 1.41 bits per heavy atom. The molecule has 0 bridgehead atoms. The highest BCUT2D eigenvalue weighted by Crippen LogP contribution is 2.00. The average Bonchev–Trinajstić information content (AvgIpc) is 2.83. The number of hydrogen-bond donors (Lipinski definition) is 1. The summed E-state index contributed by atoms with van der Waals surface area (Å²) in [6, 6.07) is 5.51. The molecule has 2 aromatic rings. The summed E-state index contributed by atoms with van der Waals surface area (Å²) in [5.41, 5.74) is 1.10. The second-order valence-corrected chi connectivity index (χ2v) is 4.52. The van der Waals surface area contributed by atoms with Gasteiger partial charge in [-0.15, -0.1) is 0 Å². The lowest BCUT2D eigenvalue weighted by molar-refractivity contribution is 0.553. The molecular weight excluding hydrogens is 284 g/mol. The van der Waals surface area contributed by atoms with E-state index in [1.807, 2.05) is 12.1 Å². The van der Waals surface area contributed by atoms with Gasteiger partial charge in [-0.05, 0) is 34.1 Å². The van der Waals surface area contributed by atoms with Crippen LogP contribution in [0, 0.1) is 0 Å². The lowest BCUT2D eigenvalue weighted by Crippen LogP contribution is -2.26. The average molecular weight is 297 g/mol. The largest absolute Gasteiger partial charge is 0.472 e. The zero-order chi connectivity index (χ0) is 12.1. The summed E-state index contributed by atoms with van der Waals surface area (Å²) >= 11 is 3.22. The van der Waals surface area contributed by atoms with Crippen LogP contribution < -0.4 is 10.9 Å². The van der Waals surface area contributed by atoms with E-state index < -0.39 is 0 Å². The van der Waals surface area contributed by atoms with Crippen molar-refractivity contribution < 1.29 is 4.42 Å². The number of nitrogens with one attached hydrogen (secondary N) is 1. The van der Waals surface area contributed by atoms with Gasteiger partial charge in [0.25, 0.3) is 5.56 Å². The summed E-state index contributed by atoms with van der Waals surface area (Å²) in [7, 11) is 0. The van der Waals surface area contributed by atoms with Gasteiger partial charge in [0.15, 0.2) is 0 Å². The van der Waals surface area contributed by atoms with Gasteiger partial charge in [0.2, 0.25) is 0 Å². The standard InChI is InChI=1S/C12H13BrN2O2/c13-11-2-1-5-15(12(11)16)6-4-14-8-10-3-7-17-9-10/h1-3,5,7,9,14H,4,6,8H2. The lowest BCUT2D eigenvalue weighted by Gasteiger charge is -2.06. The van der Waals surface area contributed by atoms with Gasteiger partial charge in [0, 0.05) is 31.4 Å². The van der Waals surface area contributed by atoms with Crippen LogP contribution in [-0.2, 0) is 13.1 Å². The molecule has 0 spiro atoms. The number of hydrogen-bond acceptors (Lipinski definition) is 3. The Balaban J connectivity index is 1.82. The molecule has 0 aliphatic heterocycles. The molecule has 0 amide bonds. The molecule has 5 heteroatoms. The van der Waals surface area contributed by atoms with Crippen molar-refractivity contribution in [1.29, 1.82) is 0 Å². The van der Waals surface area contributed by atoms with Gasteiger partial charge in [-0.25, -0.2) is 0 Å². The minimum Gasteiger partial charge on any atom is -0.472 e. The first-order valence-corrected chi connectivity index (χ1v) is 6.13. The van der Waals surface area contributed by atoms with Crippen LogP contribution >= 0.6 is 15.9 Å². The first-order chi connectivity index (χ1) is 8.27. The first-order valence-electron chi connectivity index (χ1n) is 5.34. The molecule has 0 saturated carbocycles. The predicted octanol–water partition coefficient (Wildman–Crippen LogP) is 1.99. The fourth-order valence-corrected chi connectivity index (χ4v) is 1.89. The Bertz CT molecular complexity index is 520. The molecule has 90 valence electrons. The molecule has 17 heavy (non-hydrogen) atoms. The highest BCUT2D eigenvalue weighted by molar-refractivity contribution is 9.10. The zero-order valence-corrected chi connectivity index (χ0v) is 10.8. The summed E-state index contributed by atoms with van der Waals surface area (Å²) in [4.78, 5) is 11.7. The minimum absolute atomic E-state index is 0.00221. The fourth-order valence-electron chi connectivity index (χ4n) is 1.51. The Labute approximate surface area is 107 Å². The van der Waals surface area contributed by atoms with E-state index in [9.17, 15) is 4.79 Å². The molecule has 0 saturated heterocycles. The molecule has 0 atom stereocenters. The lowest BCUT2D eigenvalue weighted by atomic mass is 10.3.